The number of para-hydroxylation sites is 1. The molecule has 4 aromatic rings. The van der Waals surface area contributed by atoms with Gasteiger partial charge in [-0.25, -0.2) is 9.78 Å². The lowest BCUT2D eigenvalue weighted by Gasteiger charge is -2.25. The number of benzene rings is 2. The van der Waals surface area contributed by atoms with Crippen molar-refractivity contribution in [2.24, 2.45) is 0 Å². The molecule has 0 saturated heterocycles. The zero-order valence-corrected chi connectivity index (χ0v) is 14.5. The fourth-order valence-electron chi connectivity index (χ4n) is 3.07. The van der Waals surface area contributed by atoms with Crippen molar-refractivity contribution in [3.8, 4) is 0 Å². The average molecular weight is 355 g/mol. The highest BCUT2D eigenvalue weighted by molar-refractivity contribution is 5.96. The second kappa shape index (κ2) is 7.25. The molecule has 0 aliphatic rings. The maximum absolute atomic E-state index is 11.8. The van der Waals surface area contributed by atoms with E-state index in [0.717, 1.165) is 16.3 Å². The van der Waals surface area contributed by atoms with Crippen LogP contribution in [0.25, 0.3) is 10.8 Å². The van der Waals surface area contributed by atoms with Gasteiger partial charge in [0, 0.05) is 30.5 Å². The number of fused-ring (bicyclic) bond motifs is 1. The molecule has 2 aromatic carbocycles. The molecule has 2 heterocycles. The largest absolute Gasteiger partial charge is 0.478 e. The molecule has 4 rings (SSSR count). The second-order valence-corrected chi connectivity index (χ2v) is 6.15. The summed E-state index contributed by atoms with van der Waals surface area (Å²) in [6, 6.07) is 20.8. The Morgan fingerprint density at radius 1 is 0.926 bits per heavy atom. The van der Waals surface area contributed by atoms with Crippen molar-refractivity contribution < 1.29 is 9.90 Å². The maximum atomic E-state index is 11.8. The van der Waals surface area contributed by atoms with Gasteiger partial charge in [-0.3, -0.25) is 4.98 Å². The molecule has 0 bridgehead atoms. The third-order valence-corrected chi connectivity index (χ3v) is 4.41. The predicted molar refractivity (Wildman–Crippen MR) is 105 cm³/mol. The number of aromatic carboxylic acids is 1. The summed E-state index contributed by atoms with van der Waals surface area (Å²) in [6.45, 7) is 0.484. The number of pyridine rings is 2. The molecule has 5 heteroatoms. The number of rotatable bonds is 5. The molecule has 0 amide bonds. The van der Waals surface area contributed by atoms with Gasteiger partial charge in [0.25, 0.3) is 0 Å². The molecule has 132 valence electrons. The number of aromatic nitrogens is 2. The van der Waals surface area contributed by atoms with E-state index in [1.165, 1.54) is 0 Å². The van der Waals surface area contributed by atoms with Crippen molar-refractivity contribution >= 4 is 28.2 Å². The van der Waals surface area contributed by atoms with Crippen LogP contribution >= 0.6 is 0 Å². The summed E-state index contributed by atoms with van der Waals surface area (Å²) in [6.07, 6.45) is 5.27. The number of carbonyl (C=O) groups is 1. The lowest BCUT2D eigenvalue weighted by Crippen LogP contribution is -2.20. The van der Waals surface area contributed by atoms with Gasteiger partial charge in [-0.15, -0.1) is 0 Å². The van der Waals surface area contributed by atoms with E-state index in [9.17, 15) is 9.90 Å². The molecule has 0 aliphatic heterocycles. The van der Waals surface area contributed by atoms with E-state index in [1.807, 2.05) is 65.7 Å². The first kappa shape index (κ1) is 16.7. The number of anilines is 2. The Hall–Kier alpha value is -3.73. The van der Waals surface area contributed by atoms with Crippen molar-refractivity contribution in [3.63, 3.8) is 0 Å². The van der Waals surface area contributed by atoms with Gasteiger partial charge in [0.1, 0.15) is 5.82 Å². The summed E-state index contributed by atoms with van der Waals surface area (Å²) in [4.78, 5) is 22.3. The average Bonchev–Trinajstić information content (AvgIpc) is 2.72. The number of nitrogens with zero attached hydrogens (tertiary/aromatic N) is 3. The standard InChI is InChI=1S/C22H17N3O2/c26-22(27)19-7-3-4-8-20(19)25(15-16-9-11-23-12-10-16)21-13-17-5-1-2-6-18(17)14-24-21/h1-14H,15H2,(H,26,27). The first-order chi connectivity index (χ1) is 13.2. The van der Waals surface area contributed by atoms with E-state index in [0.29, 0.717) is 18.1 Å². The van der Waals surface area contributed by atoms with Crippen LogP contribution in [0.2, 0.25) is 0 Å². The van der Waals surface area contributed by atoms with Crippen molar-refractivity contribution in [3.05, 3.63) is 96.4 Å². The topological polar surface area (TPSA) is 66.3 Å². The molecule has 0 aliphatic carbocycles. The van der Waals surface area contributed by atoms with Crippen molar-refractivity contribution in [2.75, 3.05) is 4.90 Å². The molecule has 0 fully saturated rings. The van der Waals surface area contributed by atoms with Crippen LogP contribution in [-0.2, 0) is 6.54 Å². The highest BCUT2D eigenvalue weighted by atomic mass is 16.4. The summed E-state index contributed by atoms with van der Waals surface area (Å²) in [7, 11) is 0. The maximum Gasteiger partial charge on any atom is 0.337 e. The van der Waals surface area contributed by atoms with E-state index < -0.39 is 5.97 Å². The zero-order chi connectivity index (χ0) is 18.6. The van der Waals surface area contributed by atoms with Gasteiger partial charge in [-0.2, -0.15) is 0 Å². The van der Waals surface area contributed by atoms with Crippen LogP contribution in [-0.4, -0.2) is 21.0 Å². The zero-order valence-electron chi connectivity index (χ0n) is 14.5. The molecule has 27 heavy (non-hydrogen) atoms. The summed E-state index contributed by atoms with van der Waals surface area (Å²) in [5.74, 6) is -0.273. The highest BCUT2D eigenvalue weighted by Gasteiger charge is 2.19. The van der Waals surface area contributed by atoms with Crippen LogP contribution < -0.4 is 4.90 Å². The van der Waals surface area contributed by atoms with Gasteiger partial charge < -0.3 is 10.0 Å². The Balaban J connectivity index is 1.86. The van der Waals surface area contributed by atoms with E-state index in [1.54, 1.807) is 24.5 Å². The number of carboxylic acid groups (broad SMARTS) is 1. The number of hydrogen-bond donors (Lipinski definition) is 1. The molecule has 0 spiro atoms. The molecule has 5 nitrogen and oxygen atoms in total. The molecule has 0 atom stereocenters. The third-order valence-electron chi connectivity index (χ3n) is 4.41. The predicted octanol–water partition coefficient (Wildman–Crippen LogP) is 4.67. The Morgan fingerprint density at radius 3 is 2.41 bits per heavy atom. The third kappa shape index (κ3) is 3.48. The van der Waals surface area contributed by atoms with Gasteiger partial charge >= 0.3 is 5.97 Å². The minimum atomic E-state index is -0.967. The van der Waals surface area contributed by atoms with Crippen molar-refractivity contribution in [2.45, 2.75) is 6.54 Å². The lowest BCUT2D eigenvalue weighted by molar-refractivity contribution is 0.0697. The highest BCUT2D eigenvalue weighted by Crippen LogP contribution is 2.31. The van der Waals surface area contributed by atoms with Gasteiger partial charge in [0.2, 0.25) is 0 Å². The van der Waals surface area contributed by atoms with E-state index in [-0.39, 0.29) is 5.56 Å². The second-order valence-electron chi connectivity index (χ2n) is 6.15. The van der Waals surface area contributed by atoms with Crippen LogP contribution in [0.5, 0.6) is 0 Å². The Morgan fingerprint density at radius 2 is 1.63 bits per heavy atom. The monoisotopic (exact) mass is 355 g/mol. The quantitative estimate of drug-likeness (QED) is 0.564. The van der Waals surface area contributed by atoms with E-state index in [4.69, 9.17) is 0 Å². The van der Waals surface area contributed by atoms with Gasteiger partial charge in [-0.1, -0.05) is 36.4 Å². The first-order valence-electron chi connectivity index (χ1n) is 8.56. The van der Waals surface area contributed by atoms with Crippen LogP contribution in [0.1, 0.15) is 15.9 Å². The molecule has 1 N–H and O–H groups in total. The lowest BCUT2D eigenvalue weighted by atomic mass is 10.1. The Kier molecular flexibility index (Phi) is 4.49. The number of hydrogen-bond acceptors (Lipinski definition) is 4. The normalized spacial score (nSPS) is 10.7. The van der Waals surface area contributed by atoms with Crippen LogP contribution in [0.15, 0.2) is 85.3 Å². The van der Waals surface area contributed by atoms with E-state index >= 15 is 0 Å². The first-order valence-corrected chi connectivity index (χ1v) is 8.56. The van der Waals surface area contributed by atoms with Gasteiger partial charge in [-0.05, 0) is 41.3 Å². The Labute approximate surface area is 156 Å². The minimum absolute atomic E-state index is 0.238. The molecule has 2 aromatic heterocycles. The van der Waals surface area contributed by atoms with Gasteiger partial charge in [0.05, 0.1) is 11.3 Å². The van der Waals surface area contributed by atoms with Crippen LogP contribution in [0.3, 0.4) is 0 Å². The smallest absolute Gasteiger partial charge is 0.337 e. The summed E-state index contributed by atoms with van der Waals surface area (Å²) < 4.78 is 0. The Bertz CT molecular complexity index is 1100. The molecule has 0 saturated carbocycles. The summed E-state index contributed by atoms with van der Waals surface area (Å²) in [5.41, 5.74) is 1.85. The molecule has 0 radical (unpaired) electrons. The fourth-order valence-corrected chi connectivity index (χ4v) is 3.07. The minimum Gasteiger partial charge on any atom is -0.478 e. The van der Waals surface area contributed by atoms with E-state index in [2.05, 4.69) is 9.97 Å². The molecular formula is C22H17N3O2. The number of carboxylic acids is 1. The van der Waals surface area contributed by atoms with Crippen molar-refractivity contribution in [1.29, 1.82) is 0 Å². The molecule has 0 unspecified atom stereocenters. The summed E-state index contributed by atoms with van der Waals surface area (Å²) in [5, 5.41) is 11.7. The van der Waals surface area contributed by atoms with Gasteiger partial charge in [0.15, 0.2) is 0 Å². The van der Waals surface area contributed by atoms with Crippen LogP contribution in [0.4, 0.5) is 11.5 Å². The summed E-state index contributed by atoms with van der Waals surface area (Å²) >= 11 is 0. The van der Waals surface area contributed by atoms with Crippen molar-refractivity contribution in [1.82, 2.24) is 9.97 Å². The molecular weight excluding hydrogens is 338 g/mol. The fraction of sp³-hybridized carbons (Fsp3) is 0.0455. The SMILES string of the molecule is O=C(O)c1ccccc1N(Cc1ccncc1)c1cc2ccccc2cn1. The van der Waals surface area contributed by atoms with Crippen LogP contribution in [0, 0.1) is 0 Å².